The van der Waals surface area contributed by atoms with Crippen molar-refractivity contribution < 1.29 is 33.8 Å². The molecule has 0 radical (unpaired) electrons. The fraction of sp³-hybridized carbons (Fsp3) is 0.148. The zero-order chi connectivity index (χ0) is 28.8. The molecule has 3 rings (SSSR count). The second-order valence-corrected chi connectivity index (χ2v) is 8.34. The van der Waals surface area contributed by atoms with E-state index in [4.69, 9.17) is 37.4 Å². The Hall–Kier alpha value is -4.70. The molecule has 0 aliphatic rings. The molecule has 0 aliphatic heterocycles. The first kappa shape index (κ1) is 33.3. The quantitative estimate of drug-likeness (QED) is 0.139. The highest BCUT2D eigenvalue weighted by molar-refractivity contribution is 6.31. The maximum absolute atomic E-state index is 12.9. The van der Waals surface area contributed by atoms with E-state index in [1.807, 2.05) is 30.3 Å². The minimum Gasteiger partial charge on any atom is -0.480 e. The highest BCUT2D eigenvalue weighted by atomic mass is 35.5. The lowest BCUT2D eigenvalue weighted by Crippen LogP contribution is -2.38. The van der Waals surface area contributed by atoms with Crippen LogP contribution >= 0.6 is 24.0 Å². The Kier molecular flexibility index (Phi) is 14.2. The minimum absolute atomic E-state index is 0. The van der Waals surface area contributed by atoms with Gasteiger partial charge in [0.2, 0.25) is 5.91 Å². The maximum Gasteiger partial charge on any atom is 0.373 e. The van der Waals surface area contributed by atoms with Crippen LogP contribution in [0.15, 0.2) is 77.8 Å². The van der Waals surface area contributed by atoms with Crippen molar-refractivity contribution in [3.05, 3.63) is 94.5 Å². The van der Waals surface area contributed by atoms with Gasteiger partial charge in [-0.1, -0.05) is 48.0 Å². The summed E-state index contributed by atoms with van der Waals surface area (Å²) in [5, 5.41) is 9.45. The molecule has 0 fully saturated rings. The van der Waals surface area contributed by atoms with E-state index in [9.17, 15) is 19.5 Å². The number of guanidine groups is 1. The van der Waals surface area contributed by atoms with Crippen LogP contribution in [-0.2, 0) is 32.0 Å². The molecule has 0 unspecified atom stereocenters. The zero-order valence-electron chi connectivity index (χ0n) is 21.0. The molecule has 0 aliphatic carbocycles. The van der Waals surface area contributed by atoms with Crippen LogP contribution in [0.2, 0.25) is 5.02 Å². The van der Waals surface area contributed by atoms with Crippen molar-refractivity contribution in [2.45, 2.75) is 12.8 Å². The molecule has 210 valence electrons. The molecule has 3 aromatic carbocycles. The largest absolute Gasteiger partial charge is 0.480 e. The Balaban J connectivity index is 0.00000191. The summed E-state index contributed by atoms with van der Waals surface area (Å²) in [6.45, 7) is -0.161. The van der Waals surface area contributed by atoms with Gasteiger partial charge in [0.05, 0.1) is 17.7 Å². The monoisotopic (exact) mass is 588 g/mol. The van der Waals surface area contributed by atoms with E-state index in [0.29, 0.717) is 17.7 Å². The van der Waals surface area contributed by atoms with E-state index in [2.05, 4.69) is 4.99 Å². The number of carboxylic acid groups (broad SMARTS) is 1. The Morgan fingerprint density at radius 2 is 1.60 bits per heavy atom. The van der Waals surface area contributed by atoms with Crippen molar-refractivity contribution in [2.75, 3.05) is 13.1 Å². The normalized spacial score (nSPS) is 9.53. The van der Waals surface area contributed by atoms with Crippen molar-refractivity contribution in [2.24, 2.45) is 16.5 Å². The highest BCUT2D eigenvalue weighted by Gasteiger charge is 2.19. The SMILES string of the molecule is Cl.NC(N)=Nc1ccc(C(=O)Oc2ccc(CC(=O)N(CCc3ccccc3)CC(=O)O)c(Cl)c2)cc1.O=C=O. The summed E-state index contributed by atoms with van der Waals surface area (Å²) in [5.74, 6) is -1.99. The highest BCUT2D eigenvalue weighted by Crippen LogP contribution is 2.25. The number of ether oxygens (including phenoxy) is 1. The number of aliphatic imine (C=N–C) groups is 1. The van der Waals surface area contributed by atoms with Gasteiger partial charge in [-0.05, 0) is 53.9 Å². The van der Waals surface area contributed by atoms with Crippen LogP contribution in [-0.4, -0.2) is 53.1 Å². The number of carboxylic acids is 1. The lowest BCUT2D eigenvalue weighted by molar-refractivity contribution is -0.191. The Morgan fingerprint density at radius 1 is 0.975 bits per heavy atom. The Morgan fingerprint density at radius 3 is 2.15 bits per heavy atom. The van der Waals surface area contributed by atoms with Crippen LogP contribution < -0.4 is 16.2 Å². The first-order valence-electron chi connectivity index (χ1n) is 11.4. The number of hydrogen-bond donors (Lipinski definition) is 3. The average Bonchev–Trinajstić information content (AvgIpc) is 2.89. The molecule has 40 heavy (non-hydrogen) atoms. The number of amides is 1. The van der Waals surface area contributed by atoms with Gasteiger partial charge in [-0.15, -0.1) is 12.4 Å². The van der Waals surface area contributed by atoms with Gasteiger partial charge in [0.25, 0.3) is 0 Å². The molecule has 3 aromatic rings. The summed E-state index contributed by atoms with van der Waals surface area (Å²) in [6.07, 6.45) is 0.677. The number of benzene rings is 3. The van der Waals surface area contributed by atoms with E-state index < -0.39 is 18.5 Å². The number of aliphatic carboxylic acids is 1. The topological polar surface area (TPSA) is 182 Å². The van der Waals surface area contributed by atoms with Crippen LogP contribution in [0.25, 0.3) is 0 Å². The van der Waals surface area contributed by atoms with Gasteiger partial charge in [0, 0.05) is 11.6 Å². The van der Waals surface area contributed by atoms with E-state index in [1.165, 1.54) is 29.2 Å². The number of carbonyl (C=O) groups excluding carboxylic acids is 4. The van der Waals surface area contributed by atoms with Crippen LogP contribution in [0.1, 0.15) is 21.5 Å². The van der Waals surface area contributed by atoms with Crippen LogP contribution in [0.3, 0.4) is 0 Å². The molecular formula is C27H26Cl2N4O7. The molecule has 13 heteroatoms. The molecule has 0 saturated carbocycles. The number of esters is 1. The molecule has 11 nitrogen and oxygen atoms in total. The maximum atomic E-state index is 12.9. The fourth-order valence-corrected chi connectivity index (χ4v) is 3.60. The fourth-order valence-electron chi connectivity index (χ4n) is 3.36. The van der Waals surface area contributed by atoms with Crippen molar-refractivity contribution >= 4 is 59.7 Å². The number of nitrogens with zero attached hydrogens (tertiary/aromatic N) is 2. The smallest absolute Gasteiger partial charge is 0.373 e. The van der Waals surface area contributed by atoms with Crippen LogP contribution in [0, 0.1) is 0 Å². The van der Waals surface area contributed by atoms with Crippen molar-refractivity contribution in [1.29, 1.82) is 0 Å². The van der Waals surface area contributed by atoms with Crippen molar-refractivity contribution in [3.8, 4) is 5.75 Å². The number of rotatable bonds is 10. The molecule has 0 saturated heterocycles. The molecule has 0 heterocycles. The van der Waals surface area contributed by atoms with Gasteiger partial charge in [0.15, 0.2) is 5.96 Å². The van der Waals surface area contributed by atoms with E-state index in [-0.39, 0.29) is 59.7 Å². The first-order valence-corrected chi connectivity index (χ1v) is 11.7. The summed E-state index contributed by atoms with van der Waals surface area (Å²) in [7, 11) is 0. The molecule has 0 bridgehead atoms. The summed E-state index contributed by atoms with van der Waals surface area (Å²) < 4.78 is 5.37. The van der Waals surface area contributed by atoms with E-state index in [1.54, 1.807) is 18.2 Å². The first-order chi connectivity index (χ1) is 18.6. The molecule has 1 amide bonds. The van der Waals surface area contributed by atoms with Gasteiger partial charge in [-0.25, -0.2) is 9.79 Å². The number of halogens is 2. The van der Waals surface area contributed by atoms with Crippen molar-refractivity contribution in [1.82, 2.24) is 4.90 Å². The van der Waals surface area contributed by atoms with Crippen LogP contribution in [0.4, 0.5) is 5.69 Å². The summed E-state index contributed by atoms with van der Waals surface area (Å²) in [5.41, 5.74) is 12.9. The third-order valence-electron chi connectivity index (χ3n) is 5.13. The second-order valence-electron chi connectivity index (χ2n) is 7.93. The average molecular weight is 589 g/mol. The second kappa shape index (κ2) is 17.0. The van der Waals surface area contributed by atoms with Crippen molar-refractivity contribution in [3.63, 3.8) is 0 Å². The van der Waals surface area contributed by atoms with Gasteiger partial charge in [0.1, 0.15) is 12.3 Å². The standard InChI is InChI=1S/C26H25ClN4O5.CO2.ClH/c27-22-15-21(36-25(35)18-6-9-20(10-7-18)30-26(28)29)11-8-19(22)14-23(32)31(16-24(33)34)13-12-17-4-2-1-3-5-17;2-1-3;/h1-11,15H,12-14,16H2,(H,33,34)(H4,28,29,30);;1H. The number of nitrogens with two attached hydrogens (primary N) is 2. The van der Waals surface area contributed by atoms with E-state index in [0.717, 1.165) is 5.56 Å². The zero-order valence-corrected chi connectivity index (χ0v) is 22.6. The van der Waals surface area contributed by atoms with Crippen LogP contribution in [0.5, 0.6) is 5.75 Å². The minimum atomic E-state index is -1.10. The summed E-state index contributed by atoms with van der Waals surface area (Å²) in [4.78, 5) is 58.0. The van der Waals surface area contributed by atoms with E-state index >= 15 is 0 Å². The number of hydrogen-bond acceptors (Lipinski definition) is 7. The molecule has 0 spiro atoms. The predicted molar refractivity (Wildman–Crippen MR) is 149 cm³/mol. The summed E-state index contributed by atoms with van der Waals surface area (Å²) in [6, 6.07) is 20.2. The van der Waals surface area contributed by atoms with Gasteiger partial charge in [-0.3, -0.25) is 9.59 Å². The van der Waals surface area contributed by atoms with Gasteiger partial charge >= 0.3 is 18.1 Å². The molecule has 5 N–H and O–H groups in total. The number of carbonyl (C=O) groups is 3. The summed E-state index contributed by atoms with van der Waals surface area (Å²) >= 11 is 6.34. The Bertz CT molecular complexity index is 1360. The molecule has 0 aromatic heterocycles. The third-order valence-corrected chi connectivity index (χ3v) is 5.48. The lowest BCUT2D eigenvalue weighted by atomic mass is 10.1. The van der Waals surface area contributed by atoms with Gasteiger partial charge < -0.3 is 26.2 Å². The molecule has 0 atom stereocenters. The predicted octanol–water partition coefficient (Wildman–Crippen LogP) is 3.00. The lowest BCUT2D eigenvalue weighted by Gasteiger charge is -2.21. The molecular weight excluding hydrogens is 563 g/mol. The third kappa shape index (κ3) is 11.4. The Labute approximate surface area is 240 Å². The van der Waals surface area contributed by atoms with Gasteiger partial charge in [-0.2, -0.15) is 9.59 Å².